The Kier molecular flexibility index (Phi) is 5.96. The molecular weight excluding hydrogens is 348 g/mol. The molecule has 0 radical (unpaired) electrons. The van der Waals surface area contributed by atoms with Crippen LogP contribution < -0.4 is 5.56 Å². The summed E-state index contributed by atoms with van der Waals surface area (Å²) in [6.07, 6.45) is -0.548. The van der Waals surface area contributed by atoms with Crippen molar-refractivity contribution in [3.05, 3.63) is 23.0 Å². The van der Waals surface area contributed by atoms with Gasteiger partial charge in [0.25, 0.3) is 5.56 Å². The molecule has 0 aliphatic carbocycles. The third kappa shape index (κ3) is 3.37. The van der Waals surface area contributed by atoms with E-state index in [2.05, 4.69) is 9.97 Å². The third-order valence-corrected chi connectivity index (χ3v) is 4.25. The van der Waals surface area contributed by atoms with Crippen LogP contribution >= 0.6 is 0 Å². The van der Waals surface area contributed by atoms with Gasteiger partial charge in [-0.3, -0.25) is 13.9 Å². The van der Waals surface area contributed by atoms with Gasteiger partial charge in [0.2, 0.25) is 0 Å². The molecule has 0 bridgehead atoms. The summed E-state index contributed by atoms with van der Waals surface area (Å²) < 4.78 is 24.0. The molecule has 1 aliphatic heterocycles. The largest absolute Gasteiger partial charge is 0.394 e. The molecule has 2 aromatic rings. The predicted octanol–water partition coefficient (Wildman–Crippen LogP) is -1.52. The summed E-state index contributed by atoms with van der Waals surface area (Å²) in [7, 11) is 2.99. The van der Waals surface area contributed by atoms with Crippen molar-refractivity contribution < 1.29 is 29.2 Å². The van der Waals surface area contributed by atoms with E-state index in [0.29, 0.717) is 18.9 Å². The van der Waals surface area contributed by atoms with Crippen molar-refractivity contribution in [2.24, 2.45) is 0 Å². The highest BCUT2D eigenvalue weighted by Gasteiger charge is 2.45. The summed E-state index contributed by atoms with van der Waals surface area (Å²) in [5, 5.41) is 19.5. The fourth-order valence-electron chi connectivity index (χ4n) is 2.88. The molecule has 0 amide bonds. The highest BCUT2D eigenvalue weighted by Crippen LogP contribution is 2.32. The summed E-state index contributed by atoms with van der Waals surface area (Å²) in [5.41, 5.74) is 0.0709. The molecule has 3 rings (SSSR count). The Labute approximate surface area is 148 Å². The van der Waals surface area contributed by atoms with Gasteiger partial charge in [-0.15, -0.1) is 0 Å². The lowest BCUT2D eigenvalue weighted by Crippen LogP contribution is -2.34. The van der Waals surface area contributed by atoms with Crippen LogP contribution in [0.4, 0.5) is 0 Å². The Hall–Kier alpha value is -1.89. The first kappa shape index (κ1) is 18.9. The van der Waals surface area contributed by atoms with Crippen LogP contribution in [-0.2, 0) is 25.7 Å². The number of aliphatic hydroxyl groups is 2. The van der Waals surface area contributed by atoms with E-state index in [0.717, 1.165) is 0 Å². The second-order valence-electron chi connectivity index (χ2n) is 5.81. The molecule has 1 aliphatic rings. The zero-order valence-electron chi connectivity index (χ0n) is 14.5. The van der Waals surface area contributed by atoms with Gasteiger partial charge in [-0.25, -0.2) is 9.97 Å². The van der Waals surface area contributed by atoms with Crippen molar-refractivity contribution in [3.8, 4) is 0 Å². The average Bonchev–Trinajstić information content (AvgIpc) is 3.21. The predicted molar refractivity (Wildman–Crippen MR) is 87.4 cm³/mol. The molecule has 4 atom stereocenters. The van der Waals surface area contributed by atoms with E-state index >= 15 is 0 Å². The van der Waals surface area contributed by atoms with E-state index in [1.165, 1.54) is 28.9 Å². The Morgan fingerprint density at radius 1 is 1.27 bits per heavy atom. The topological polar surface area (TPSA) is 130 Å². The van der Waals surface area contributed by atoms with Gasteiger partial charge < -0.3 is 29.2 Å². The molecule has 26 heavy (non-hydrogen) atoms. The van der Waals surface area contributed by atoms with E-state index in [1.54, 1.807) is 7.11 Å². The van der Waals surface area contributed by atoms with Gasteiger partial charge in [0, 0.05) is 14.2 Å². The second kappa shape index (κ2) is 8.20. The van der Waals surface area contributed by atoms with E-state index in [9.17, 15) is 15.0 Å². The number of rotatable bonds is 8. The monoisotopic (exact) mass is 370 g/mol. The Balaban J connectivity index is 1.87. The van der Waals surface area contributed by atoms with Gasteiger partial charge in [-0.1, -0.05) is 0 Å². The van der Waals surface area contributed by atoms with Crippen LogP contribution in [-0.4, -0.2) is 81.7 Å². The van der Waals surface area contributed by atoms with Gasteiger partial charge in [0.1, 0.15) is 31.4 Å². The lowest BCUT2D eigenvalue weighted by Gasteiger charge is -2.19. The number of hydrogen-bond acceptors (Lipinski definition) is 9. The minimum absolute atomic E-state index is 0.0317. The van der Waals surface area contributed by atoms with E-state index in [-0.39, 0.29) is 24.4 Å². The minimum atomic E-state index is -1.01. The maximum atomic E-state index is 12.5. The zero-order valence-corrected chi connectivity index (χ0v) is 14.5. The summed E-state index contributed by atoms with van der Waals surface area (Å²) in [6, 6.07) is 0. The molecule has 144 valence electrons. The number of nitrogens with zero attached hydrogens (tertiary/aromatic N) is 4. The molecule has 11 nitrogen and oxygen atoms in total. The molecule has 11 heteroatoms. The van der Waals surface area contributed by atoms with Gasteiger partial charge in [-0.05, 0) is 0 Å². The smallest absolute Gasteiger partial charge is 0.283 e. The lowest BCUT2D eigenvalue weighted by molar-refractivity contribution is -0.0583. The van der Waals surface area contributed by atoms with Crippen molar-refractivity contribution >= 4 is 11.2 Å². The number of imidazole rings is 1. The first-order valence-corrected chi connectivity index (χ1v) is 8.08. The van der Waals surface area contributed by atoms with Gasteiger partial charge in [-0.2, -0.15) is 0 Å². The molecule has 0 unspecified atom stereocenters. The van der Waals surface area contributed by atoms with E-state index < -0.39 is 24.5 Å². The summed E-state index contributed by atoms with van der Waals surface area (Å²) in [6.45, 7) is 0.444. The van der Waals surface area contributed by atoms with Crippen molar-refractivity contribution in [1.82, 2.24) is 19.1 Å². The normalized spacial score (nSPS) is 26.0. The fraction of sp³-hybridized carbons (Fsp3) is 0.667. The van der Waals surface area contributed by atoms with E-state index in [4.69, 9.17) is 18.9 Å². The number of hydrogen-bond donors (Lipinski definition) is 2. The maximum Gasteiger partial charge on any atom is 0.283 e. The van der Waals surface area contributed by atoms with Gasteiger partial charge in [0.05, 0.1) is 26.1 Å². The number of methoxy groups -OCH3 is 2. The van der Waals surface area contributed by atoms with Crippen LogP contribution in [0.1, 0.15) is 6.23 Å². The lowest BCUT2D eigenvalue weighted by atomic mass is 10.1. The quantitative estimate of drug-likeness (QED) is 0.532. The molecule has 2 aromatic heterocycles. The maximum absolute atomic E-state index is 12.5. The second-order valence-corrected chi connectivity index (χ2v) is 5.81. The van der Waals surface area contributed by atoms with Crippen LogP contribution in [0.3, 0.4) is 0 Å². The third-order valence-electron chi connectivity index (χ3n) is 4.25. The highest BCUT2D eigenvalue weighted by molar-refractivity contribution is 5.69. The van der Waals surface area contributed by atoms with Crippen LogP contribution in [0.25, 0.3) is 11.2 Å². The Bertz CT molecular complexity index is 792. The van der Waals surface area contributed by atoms with Crippen LogP contribution in [0.2, 0.25) is 0 Å². The van der Waals surface area contributed by atoms with Crippen molar-refractivity contribution in [3.63, 3.8) is 0 Å². The minimum Gasteiger partial charge on any atom is -0.394 e. The molecule has 2 N–H and O–H groups in total. The number of ether oxygens (including phenoxy) is 4. The molecule has 1 fully saturated rings. The van der Waals surface area contributed by atoms with Crippen molar-refractivity contribution in [1.29, 1.82) is 0 Å². The first-order chi connectivity index (χ1) is 12.6. The summed E-state index contributed by atoms with van der Waals surface area (Å²) in [4.78, 5) is 20.9. The fourth-order valence-corrected chi connectivity index (χ4v) is 2.88. The van der Waals surface area contributed by atoms with E-state index in [1.807, 2.05) is 0 Å². The Morgan fingerprint density at radius 2 is 2.08 bits per heavy atom. The zero-order chi connectivity index (χ0) is 18.7. The first-order valence-electron chi connectivity index (χ1n) is 8.08. The van der Waals surface area contributed by atoms with Gasteiger partial charge in [0.15, 0.2) is 17.4 Å². The van der Waals surface area contributed by atoms with Crippen LogP contribution in [0.15, 0.2) is 17.4 Å². The SMILES string of the molecule is COCCOCn1cnc2c(ncn2[C@@H]2O[C@H](CO)[C@@H](O)[C@H]2OC)c1=O. The highest BCUT2D eigenvalue weighted by atomic mass is 16.6. The Morgan fingerprint density at radius 3 is 2.77 bits per heavy atom. The molecular formula is C15H22N4O7. The summed E-state index contributed by atoms with van der Waals surface area (Å²) in [5.74, 6) is 0. The molecule has 1 saturated heterocycles. The molecule has 3 heterocycles. The average molecular weight is 370 g/mol. The van der Waals surface area contributed by atoms with Gasteiger partial charge >= 0.3 is 0 Å². The van der Waals surface area contributed by atoms with Crippen molar-refractivity contribution in [2.45, 2.75) is 31.3 Å². The molecule has 0 aromatic carbocycles. The summed E-state index contributed by atoms with van der Waals surface area (Å²) >= 11 is 0. The van der Waals surface area contributed by atoms with Crippen molar-refractivity contribution in [2.75, 3.05) is 34.0 Å². The van der Waals surface area contributed by atoms with Crippen LogP contribution in [0, 0.1) is 0 Å². The van der Waals surface area contributed by atoms with Crippen LogP contribution in [0.5, 0.6) is 0 Å². The number of aromatic nitrogens is 4. The molecule has 0 saturated carbocycles. The number of fused-ring (bicyclic) bond motifs is 1. The molecule has 0 spiro atoms. The standard InChI is InChI=1S/C15H22N4O7/c1-23-3-4-25-8-18-6-17-13-10(14(18)22)16-7-19(13)15-12(24-2)11(21)9(5-20)26-15/h6-7,9,11-12,15,20-21H,3-5,8H2,1-2H3/t9-,11-,12-,15-/m1/s1. The number of aliphatic hydroxyl groups excluding tert-OH is 2.